The summed E-state index contributed by atoms with van der Waals surface area (Å²) < 4.78 is 70.6. The van der Waals surface area contributed by atoms with Gasteiger partial charge in [0.15, 0.2) is 23.8 Å². The van der Waals surface area contributed by atoms with E-state index >= 15 is 0 Å². The highest BCUT2D eigenvalue weighted by Gasteiger charge is 2.58. The number of hydrogen-bond donors (Lipinski definition) is 1. The number of allylic oxidation sites excluding steroid dienone is 2. The Balaban J connectivity index is 1.28. The molecule has 1 aliphatic carbocycles. The standard InChI is InChI=1S/C42H40O12S2/c1-29(35-25-26-42(28-30(35)2,55(48,49)33-21-11-5-12-22-33)56(50,51)34-23-13-6-14-24-34)16-15-27-52-41(47)37(54-40(46)32-19-9-4-10-20-32)36(38(43)44)53-39(45)31-17-7-3-8-18-31/h3-14,17-24,35-37H,1-2,15-16,25-28H2,(H,43,44)/t35-,36-,37-/m0/s1. The summed E-state index contributed by atoms with van der Waals surface area (Å²) >= 11 is 0. The lowest BCUT2D eigenvalue weighted by Gasteiger charge is -2.40. The van der Waals surface area contributed by atoms with Crippen molar-refractivity contribution in [1.29, 1.82) is 0 Å². The van der Waals surface area contributed by atoms with Gasteiger partial charge in [0.05, 0.1) is 27.5 Å². The monoisotopic (exact) mass is 800 g/mol. The average Bonchev–Trinajstić information content (AvgIpc) is 3.21. The Kier molecular flexibility index (Phi) is 13.1. The van der Waals surface area contributed by atoms with E-state index in [1.165, 1.54) is 97.1 Å². The van der Waals surface area contributed by atoms with Crippen LogP contribution in [-0.4, -0.2) is 68.7 Å². The first-order valence-corrected chi connectivity index (χ1v) is 20.5. The Hall–Kier alpha value is -5.86. The fraction of sp³-hybridized carbons (Fsp3) is 0.238. The molecule has 0 bridgehead atoms. The largest absolute Gasteiger partial charge is 0.478 e. The van der Waals surface area contributed by atoms with Gasteiger partial charge in [-0.2, -0.15) is 0 Å². The van der Waals surface area contributed by atoms with E-state index in [1.54, 1.807) is 24.3 Å². The molecule has 1 saturated carbocycles. The Morgan fingerprint density at radius 2 is 1.12 bits per heavy atom. The summed E-state index contributed by atoms with van der Waals surface area (Å²) in [6, 6.07) is 29.8. The first kappa shape index (κ1) is 41.3. The first-order chi connectivity index (χ1) is 26.7. The Morgan fingerprint density at radius 1 is 0.696 bits per heavy atom. The first-order valence-electron chi connectivity index (χ1n) is 17.6. The summed E-state index contributed by atoms with van der Waals surface area (Å²) in [5.41, 5.74) is 0.941. The fourth-order valence-electron chi connectivity index (χ4n) is 6.57. The molecular formula is C42H40O12S2. The minimum atomic E-state index is -4.46. The molecule has 0 aromatic heterocycles. The molecule has 0 heterocycles. The van der Waals surface area contributed by atoms with Crippen molar-refractivity contribution in [3.05, 3.63) is 157 Å². The quantitative estimate of drug-likeness (QED) is 0.0570. The highest BCUT2D eigenvalue weighted by molar-refractivity contribution is 8.10. The number of aliphatic carboxylic acids is 1. The molecule has 1 aliphatic rings. The molecule has 1 N–H and O–H groups in total. The van der Waals surface area contributed by atoms with Crippen LogP contribution >= 0.6 is 0 Å². The molecule has 3 atom stereocenters. The molecule has 0 saturated heterocycles. The van der Waals surface area contributed by atoms with Crippen LogP contribution in [0.4, 0.5) is 0 Å². The van der Waals surface area contributed by atoms with Gasteiger partial charge < -0.3 is 19.3 Å². The van der Waals surface area contributed by atoms with Gasteiger partial charge in [0.25, 0.3) is 0 Å². The SMILES string of the molecule is C=C(CCCOC(=O)[C@@H](OC(=O)c1ccccc1)[C@H](OC(=O)c1ccccc1)C(=O)O)[C@@H]1CCC(S(=O)(=O)c2ccccc2)(S(=O)(=O)c2ccccc2)CC1=C. The molecule has 14 heteroatoms. The van der Waals surface area contributed by atoms with Gasteiger partial charge in [0.1, 0.15) is 0 Å². The summed E-state index contributed by atoms with van der Waals surface area (Å²) in [4.78, 5) is 51.2. The number of benzene rings is 4. The van der Waals surface area contributed by atoms with Crippen LogP contribution in [0.5, 0.6) is 0 Å². The molecule has 0 unspecified atom stereocenters. The second kappa shape index (κ2) is 17.7. The molecule has 1 fully saturated rings. The van der Waals surface area contributed by atoms with Gasteiger partial charge in [-0.3, -0.25) is 0 Å². The number of hydrogen-bond acceptors (Lipinski definition) is 11. The maximum atomic E-state index is 14.3. The molecule has 4 aromatic rings. The van der Waals surface area contributed by atoms with Crippen molar-refractivity contribution in [3.63, 3.8) is 0 Å². The van der Waals surface area contributed by atoms with Gasteiger partial charge in [-0.05, 0) is 74.2 Å². The Labute approximate surface area is 325 Å². The van der Waals surface area contributed by atoms with E-state index in [2.05, 4.69) is 13.2 Å². The van der Waals surface area contributed by atoms with Crippen molar-refractivity contribution in [2.24, 2.45) is 5.92 Å². The molecule has 12 nitrogen and oxygen atoms in total. The second-order valence-corrected chi connectivity index (χ2v) is 17.9. The number of rotatable bonds is 16. The maximum Gasteiger partial charge on any atom is 0.352 e. The van der Waals surface area contributed by atoms with Crippen LogP contribution in [0.15, 0.2) is 155 Å². The van der Waals surface area contributed by atoms with E-state index < -0.39 is 65.8 Å². The molecule has 0 amide bonds. The number of esters is 3. The minimum Gasteiger partial charge on any atom is -0.478 e. The summed E-state index contributed by atoms with van der Waals surface area (Å²) in [6.45, 7) is 7.97. The lowest BCUT2D eigenvalue weighted by molar-refractivity contribution is -0.170. The zero-order valence-electron chi connectivity index (χ0n) is 30.2. The number of carboxylic acids is 1. The van der Waals surface area contributed by atoms with Crippen molar-refractivity contribution in [3.8, 4) is 0 Å². The van der Waals surface area contributed by atoms with Crippen LogP contribution in [0.25, 0.3) is 0 Å². The second-order valence-electron chi connectivity index (χ2n) is 13.1. The van der Waals surface area contributed by atoms with Gasteiger partial charge in [0.2, 0.25) is 12.2 Å². The van der Waals surface area contributed by atoms with Gasteiger partial charge in [-0.1, -0.05) is 97.1 Å². The molecule has 292 valence electrons. The zero-order valence-corrected chi connectivity index (χ0v) is 31.8. The van der Waals surface area contributed by atoms with Crippen molar-refractivity contribution >= 4 is 43.6 Å². The van der Waals surface area contributed by atoms with E-state index in [0.29, 0.717) is 11.1 Å². The normalized spacial score (nSPS) is 16.4. The third-order valence-electron chi connectivity index (χ3n) is 9.51. The summed E-state index contributed by atoms with van der Waals surface area (Å²) in [6.07, 6.45) is -4.60. The lowest BCUT2D eigenvalue weighted by Crippen LogP contribution is -2.49. The molecular weight excluding hydrogens is 761 g/mol. The van der Waals surface area contributed by atoms with Gasteiger partial charge in [-0.25, -0.2) is 36.0 Å². The number of carbonyl (C=O) groups excluding carboxylic acids is 3. The Bertz CT molecular complexity index is 2220. The minimum absolute atomic E-state index is 0.00404. The van der Waals surface area contributed by atoms with E-state index in [-0.39, 0.29) is 59.6 Å². The molecule has 0 spiro atoms. The number of carboxylic acid groups (broad SMARTS) is 1. The van der Waals surface area contributed by atoms with Crippen molar-refractivity contribution in [2.75, 3.05) is 6.61 Å². The predicted octanol–water partition coefficient (Wildman–Crippen LogP) is 6.40. The van der Waals surface area contributed by atoms with Crippen LogP contribution in [-0.2, 0) is 43.5 Å². The zero-order chi connectivity index (χ0) is 40.5. The van der Waals surface area contributed by atoms with Gasteiger partial charge >= 0.3 is 23.9 Å². The average molecular weight is 801 g/mol. The molecule has 56 heavy (non-hydrogen) atoms. The number of ether oxygens (including phenoxy) is 3. The van der Waals surface area contributed by atoms with Crippen LogP contribution in [0.1, 0.15) is 52.8 Å². The van der Waals surface area contributed by atoms with E-state index in [1.807, 2.05) is 0 Å². The third kappa shape index (κ3) is 8.82. The van der Waals surface area contributed by atoms with E-state index in [4.69, 9.17) is 14.2 Å². The third-order valence-corrected chi connectivity index (χ3v) is 15.3. The van der Waals surface area contributed by atoms with Crippen LogP contribution < -0.4 is 0 Å². The van der Waals surface area contributed by atoms with Gasteiger partial charge in [-0.15, -0.1) is 0 Å². The van der Waals surface area contributed by atoms with Crippen molar-refractivity contribution in [1.82, 2.24) is 0 Å². The van der Waals surface area contributed by atoms with Crippen molar-refractivity contribution in [2.45, 2.75) is 58.2 Å². The number of sulfone groups is 2. The molecule has 0 aliphatic heterocycles. The van der Waals surface area contributed by atoms with Crippen molar-refractivity contribution < 1.29 is 55.3 Å². The lowest BCUT2D eigenvalue weighted by atomic mass is 9.79. The highest BCUT2D eigenvalue weighted by Crippen LogP contribution is 2.50. The summed E-state index contributed by atoms with van der Waals surface area (Å²) in [5.74, 6) is -5.64. The topological polar surface area (TPSA) is 184 Å². The summed E-state index contributed by atoms with van der Waals surface area (Å²) in [7, 11) is -8.92. The fourth-order valence-corrected chi connectivity index (χ4v) is 11.7. The Morgan fingerprint density at radius 3 is 1.55 bits per heavy atom. The number of carbonyl (C=O) groups is 4. The maximum absolute atomic E-state index is 14.3. The summed E-state index contributed by atoms with van der Waals surface area (Å²) in [5, 5.41) is 9.98. The van der Waals surface area contributed by atoms with Crippen LogP contribution in [0, 0.1) is 5.92 Å². The van der Waals surface area contributed by atoms with E-state index in [0.717, 1.165) is 0 Å². The smallest absolute Gasteiger partial charge is 0.352 e. The van der Waals surface area contributed by atoms with Crippen LogP contribution in [0.2, 0.25) is 0 Å². The molecule has 5 rings (SSSR count). The molecule has 4 aromatic carbocycles. The van der Waals surface area contributed by atoms with Gasteiger partial charge in [0, 0.05) is 12.3 Å². The highest BCUT2D eigenvalue weighted by atomic mass is 32.3. The molecule has 0 radical (unpaired) electrons. The predicted molar refractivity (Wildman–Crippen MR) is 205 cm³/mol. The van der Waals surface area contributed by atoms with Crippen LogP contribution in [0.3, 0.4) is 0 Å². The van der Waals surface area contributed by atoms with E-state index in [9.17, 15) is 41.1 Å².